The van der Waals surface area contributed by atoms with Crippen molar-refractivity contribution in [3.05, 3.63) is 64.7 Å². The number of nitrogens with zero attached hydrogens (tertiary/aromatic N) is 3. The summed E-state index contributed by atoms with van der Waals surface area (Å²) in [6, 6.07) is 15.0. The van der Waals surface area contributed by atoms with Crippen molar-refractivity contribution in [1.82, 2.24) is 4.98 Å². The average Bonchev–Trinajstić information content (AvgIpc) is 3.29. The predicted molar refractivity (Wildman–Crippen MR) is 125 cm³/mol. The van der Waals surface area contributed by atoms with Gasteiger partial charge in [-0.05, 0) is 35.9 Å². The molecule has 1 heterocycles. The molecule has 0 saturated heterocycles. The third-order valence-electron chi connectivity index (χ3n) is 4.60. The maximum absolute atomic E-state index is 12.4. The van der Waals surface area contributed by atoms with Crippen LogP contribution in [0.4, 0.5) is 5.69 Å². The fourth-order valence-corrected chi connectivity index (χ4v) is 3.77. The lowest BCUT2D eigenvalue weighted by molar-refractivity contribution is -0.139. The number of carbonyl (C=O) groups excluding carboxylic acids is 1. The maximum atomic E-state index is 12.4. The van der Waals surface area contributed by atoms with Crippen molar-refractivity contribution in [3.8, 4) is 28.1 Å². The Bertz CT molecular complexity index is 1160. The van der Waals surface area contributed by atoms with E-state index in [1.807, 2.05) is 67.5 Å². The minimum atomic E-state index is -0.697. The molecule has 0 N–H and O–H groups in total. The second-order valence-corrected chi connectivity index (χ2v) is 7.78. The zero-order valence-corrected chi connectivity index (χ0v) is 19.1. The third-order valence-corrected chi connectivity index (χ3v) is 5.52. The molecule has 1 aromatic heterocycles. The van der Waals surface area contributed by atoms with E-state index in [1.165, 1.54) is 17.4 Å². The Kier molecular flexibility index (Phi) is 7.47. The summed E-state index contributed by atoms with van der Waals surface area (Å²) in [4.78, 5) is 18.9. The minimum Gasteiger partial charge on any atom is -0.493 e. The molecular formula is C24H23N3O4S. The first-order valence-electron chi connectivity index (χ1n) is 9.69. The van der Waals surface area contributed by atoms with Gasteiger partial charge in [0.05, 0.1) is 25.5 Å². The number of nitriles is 1. The third kappa shape index (κ3) is 5.25. The van der Waals surface area contributed by atoms with Crippen molar-refractivity contribution in [2.45, 2.75) is 6.61 Å². The summed E-state index contributed by atoms with van der Waals surface area (Å²) < 4.78 is 16.1. The van der Waals surface area contributed by atoms with Crippen LogP contribution in [0.3, 0.4) is 0 Å². The van der Waals surface area contributed by atoms with Crippen molar-refractivity contribution in [2.75, 3.05) is 33.2 Å². The first-order valence-corrected chi connectivity index (χ1v) is 10.6. The predicted octanol–water partition coefficient (Wildman–Crippen LogP) is 4.54. The van der Waals surface area contributed by atoms with Gasteiger partial charge in [-0.2, -0.15) is 5.26 Å². The highest BCUT2D eigenvalue weighted by molar-refractivity contribution is 7.13. The summed E-state index contributed by atoms with van der Waals surface area (Å²) in [5, 5.41) is 11.9. The number of hydrogen-bond acceptors (Lipinski definition) is 8. The van der Waals surface area contributed by atoms with Gasteiger partial charge < -0.3 is 19.1 Å². The van der Waals surface area contributed by atoms with Crippen LogP contribution in [0.5, 0.6) is 11.5 Å². The van der Waals surface area contributed by atoms with Crippen LogP contribution in [0.2, 0.25) is 0 Å². The van der Waals surface area contributed by atoms with Gasteiger partial charge in [0.25, 0.3) is 0 Å². The molecule has 0 atom stereocenters. The van der Waals surface area contributed by atoms with E-state index < -0.39 is 5.97 Å². The quantitative estimate of drug-likeness (QED) is 0.283. The standard InChI is InChI=1S/C24H23N3O4S/c1-27(2)19-10-8-16(9-11-19)12-17(13-25)24(28)31-14-18-15-32-23(26-18)20-6-5-7-21(29-3)22(20)30-4/h5-12,15H,14H2,1-4H3/b17-12+. The van der Waals surface area contributed by atoms with Gasteiger partial charge in [-0.3, -0.25) is 0 Å². The van der Waals surface area contributed by atoms with Crippen LogP contribution < -0.4 is 14.4 Å². The summed E-state index contributed by atoms with van der Waals surface area (Å²) in [6.45, 7) is -0.0415. The number of benzene rings is 2. The largest absolute Gasteiger partial charge is 0.493 e. The van der Waals surface area contributed by atoms with E-state index in [9.17, 15) is 10.1 Å². The number of thiazole rings is 1. The number of hydrogen-bond donors (Lipinski definition) is 0. The number of aromatic nitrogens is 1. The highest BCUT2D eigenvalue weighted by Crippen LogP contribution is 2.39. The van der Waals surface area contributed by atoms with Gasteiger partial charge in [0.1, 0.15) is 23.3 Å². The number of ether oxygens (including phenoxy) is 3. The Labute approximate surface area is 191 Å². The molecule has 32 heavy (non-hydrogen) atoms. The lowest BCUT2D eigenvalue weighted by atomic mass is 10.1. The van der Waals surface area contributed by atoms with Gasteiger partial charge in [0.15, 0.2) is 11.5 Å². The second kappa shape index (κ2) is 10.5. The Morgan fingerprint density at radius 2 is 1.91 bits per heavy atom. The topological polar surface area (TPSA) is 84.7 Å². The minimum absolute atomic E-state index is 0.0415. The van der Waals surface area contributed by atoms with E-state index in [1.54, 1.807) is 19.6 Å². The van der Waals surface area contributed by atoms with Crippen LogP contribution in [0.15, 0.2) is 53.4 Å². The first-order chi connectivity index (χ1) is 15.5. The normalized spacial score (nSPS) is 10.9. The SMILES string of the molecule is COc1cccc(-c2nc(COC(=O)/C(C#N)=C/c3ccc(N(C)C)cc3)cs2)c1OC. The zero-order valence-electron chi connectivity index (χ0n) is 18.3. The highest BCUT2D eigenvalue weighted by Gasteiger charge is 2.16. The number of carbonyl (C=O) groups is 1. The van der Waals surface area contributed by atoms with E-state index in [0.717, 1.165) is 16.8 Å². The molecular weight excluding hydrogens is 426 g/mol. The average molecular weight is 450 g/mol. The van der Waals surface area contributed by atoms with Gasteiger partial charge in [-0.15, -0.1) is 11.3 Å². The zero-order chi connectivity index (χ0) is 23.1. The van der Waals surface area contributed by atoms with Crippen LogP contribution in [0.25, 0.3) is 16.6 Å². The molecule has 0 aliphatic rings. The lowest BCUT2D eigenvalue weighted by Gasteiger charge is -2.11. The Balaban J connectivity index is 1.70. The van der Waals surface area contributed by atoms with Crippen LogP contribution in [0.1, 0.15) is 11.3 Å². The molecule has 8 heteroatoms. The van der Waals surface area contributed by atoms with Crippen LogP contribution >= 0.6 is 11.3 Å². The summed E-state index contributed by atoms with van der Waals surface area (Å²) >= 11 is 1.40. The van der Waals surface area contributed by atoms with Crippen LogP contribution in [-0.2, 0) is 16.1 Å². The van der Waals surface area contributed by atoms with Gasteiger partial charge >= 0.3 is 5.97 Å². The molecule has 2 aromatic carbocycles. The lowest BCUT2D eigenvalue weighted by Crippen LogP contribution is -2.08. The van der Waals surface area contributed by atoms with Crippen LogP contribution in [0, 0.1) is 11.3 Å². The fraction of sp³-hybridized carbons (Fsp3) is 0.208. The molecule has 3 rings (SSSR count). The molecule has 3 aromatic rings. The van der Waals surface area contributed by atoms with Crippen molar-refractivity contribution >= 4 is 29.1 Å². The van der Waals surface area contributed by atoms with Gasteiger partial charge in [0.2, 0.25) is 0 Å². The van der Waals surface area contributed by atoms with E-state index >= 15 is 0 Å². The van der Waals surface area contributed by atoms with E-state index in [2.05, 4.69) is 4.98 Å². The Hall–Kier alpha value is -3.83. The van der Waals surface area contributed by atoms with Crippen molar-refractivity contribution in [3.63, 3.8) is 0 Å². The first kappa shape index (κ1) is 22.8. The summed E-state index contributed by atoms with van der Waals surface area (Å²) in [5.41, 5.74) is 3.05. The molecule has 0 radical (unpaired) electrons. The molecule has 0 aliphatic carbocycles. The van der Waals surface area contributed by atoms with Crippen molar-refractivity contribution < 1.29 is 19.0 Å². The molecule has 0 saturated carbocycles. The Morgan fingerprint density at radius 3 is 2.53 bits per heavy atom. The molecule has 164 valence electrons. The maximum Gasteiger partial charge on any atom is 0.349 e. The molecule has 0 spiro atoms. The molecule has 0 unspecified atom stereocenters. The summed E-state index contributed by atoms with van der Waals surface area (Å²) in [5.74, 6) is 0.496. The Morgan fingerprint density at radius 1 is 1.16 bits per heavy atom. The molecule has 0 aliphatic heterocycles. The van der Waals surface area contributed by atoms with E-state index in [4.69, 9.17) is 14.2 Å². The number of para-hydroxylation sites is 1. The smallest absolute Gasteiger partial charge is 0.349 e. The van der Waals surface area contributed by atoms with Gasteiger partial charge in [0, 0.05) is 25.2 Å². The second-order valence-electron chi connectivity index (χ2n) is 6.92. The number of methoxy groups -OCH3 is 2. The highest BCUT2D eigenvalue weighted by atomic mass is 32.1. The molecule has 7 nitrogen and oxygen atoms in total. The number of anilines is 1. The van der Waals surface area contributed by atoms with Gasteiger partial charge in [-0.25, -0.2) is 9.78 Å². The summed E-state index contributed by atoms with van der Waals surface area (Å²) in [7, 11) is 7.03. The van der Waals surface area contributed by atoms with E-state index in [-0.39, 0.29) is 12.2 Å². The van der Waals surface area contributed by atoms with Crippen molar-refractivity contribution in [1.29, 1.82) is 5.26 Å². The van der Waals surface area contributed by atoms with Crippen LogP contribution in [-0.4, -0.2) is 39.3 Å². The number of rotatable bonds is 8. The molecule has 0 fully saturated rings. The van der Waals surface area contributed by atoms with E-state index in [0.29, 0.717) is 22.2 Å². The fourth-order valence-electron chi connectivity index (χ4n) is 2.94. The van der Waals surface area contributed by atoms with Gasteiger partial charge in [-0.1, -0.05) is 18.2 Å². The summed E-state index contributed by atoms with van der Waals surface area (Å²) in [6.07, 6.45) is 1.51. The number of esters is 1. The monoisotopic (exact) mass is 449 g/mol. The molecule has 0 amide bonds. The van der Waals surface area contributed by atoms with Crippen molar-refractivity contribution in [2.24, 2.45) is 0 Å². The molecule has 0 bridgehead atoms.